The fourth-order valence-electron chi connectivity index (χ4n) is 1.56. The van der Waals surface area contributed by atoms with E-state index in [-0.39, 0.29) is 18.8 Å². The van der Waals surface area contributed by atoms with Crippen molar-refractivity contribution in [3.05, 3.63) is 29.3 Å². The van der Waals surface area contributed by atoms with E-state index in [1.165, 1.54) is 0 Å². The molecule has 1 aromatic rings. The second kappa shape index (κ2) is 6.89. The Morgan fingerprint density at radius 2 is 2.00 bits per heavy atom. The number of ether oxygens (including phenoxy) is 1. The fourth-order valence-corrected chi connectivity index (χ4v) is 1.56. The molecule has 0 saturated heterocycles. The van der Waals surface area contributed by atoms with Crippen molar-refractivity contribution in [3.63, 3.8) is 0 Å². The first-order valence-corrected chi connectivity index (χ1v) is 6.58. The highest BCUT2D eigenvalue weighted by Gasteiger charge is 2.17. The molecule has 0 fully saturated rings. The van der Waals surface area contributed by atoms with Gasteiger partial charge in [-0.1, -0.05) is 12.1 Å². The van der Waals surface area contributed by atoms with E-state index in [4.69, 9.17) is 9.84 Å². The molecule has 4 nitrogen and oxygen atoms in total. The molecule has 0 amide bonds. The maximum atomic E-state index is 9.86. The molecule has 3 N–H and O–H groups in total. The van der Waals surface area contributed by atoms with E-state index in [0.29, 0.717) is 6.54 Å². The van der Waals surface area contributed by atoms with Gasteiger partial charge in [0.05, 0.1) is 6.61 Å². The molecule has 1 aromatic carbocycles. The van der Waals surface area contributed by atoms with Crippen LogP contribution in [0.2, 0.25) is 0 Å². The van der Waals surface area contributed by atoms with Crippen LogP contribution in [0, 0.1) is 13.8 Å². The molecule has 1 atom stereocenters. The Morgan fingerprint density at radius 1 is 1.32 bits per heavy atom. The number of aliphatic hydroxyl groups is 2. The number of benzene rings is 1. The molecule has 19 heavy (non-hydrogen) atoms. The van der Waals surface area contributed by atoms with Crippen molar-refractivity contribution in [3.8, 4) is 5.75 Å². The number of rotatable bonds is 7. The summed E-state index contributed by atoms with van der Waals surface area (Å²) < 4.78 is 5.63. The zero-order valence-electron chi connectivity index (χ0n) is 12.2. The number of β-amino-alcohol motifs (C(OH)–C–C–N with tert-alkyl or cyclic N) is 1. The fraction of sp³-hybridized carbons (Fsp3) is 0.600. The molecule has 0 radical (unpaired) electrons. The SMILES string of the molecule is Cc1ccc(C)c(OCC(O)CNC(C)(C)CO)c1. The van der Waals surface area contributed by atoms with Gasteiger partial charge in [-0.3, -0.25) is 0 Å². The average Bonchev–Trinajstić information content (AvgIpc) is 2.37. The smallest absolute Gasteiger partial charge is 0.122 e. The topological polar surface area (TPSA) is 61.7 Å². The molecule has 1 rings (SSSR count). The van der Waals surface area contributed by atoms with Gasteiger partial charge in [0, 0.05) is 12.1 Å². The first-order chi connectivity index (χ1) is 8.84. The normalized spacial score (nSPS) is 13.4. The number of hydrogen-bond acceptors (Lipinski definition) is 4. The van der Waals surface area contributed by atoms with E-state index in [1.54, 1.807) is 0 Å². The van der Waals surface area contributed by atoms with Gasteiger partial charge in [-0.2, -0.15) is 0 Å². The Hall–Kier alpha value is -1.10. The van der Waals surface area contributed by atoms with Gasteiger partial charge in [-0.25, -0.2) is 0 Å². The number of aryl methyl sites for hydroxylation is 2. The minimum Gasteiger partial charge on any atom is -0.491 e. The van der Waals surface area contributed by atoms with Gasteiger partial charge in [0.25, 0.3) is 0 Å². The Balaban J connectivity index is 2.42. The molecule has 0 bridgehead atoms. The van der Waals surface area contributed by atoms with Crippen molar-refractivity contribution in [2.45, 2.75) is 39.3 Å². The Bertz CT molecular complexity index is 404. The molecular weight excluding hydrogens is 242 g/mol. The lowest BCUT2D eigenvalue weighted by Gasteiger charge is -2.25. The molecular formula is C15H25NO3. The maximum Gasteiger partial charge on any atom is 0.122 e. The van der Waals surface area contributed by atoms with Gasteiger partial charge in [-0.15, -0.1) is 0 Å². The zero-order valence-corrected chi connectivity index (χ0v) is 12.2. The molecule has 1 unspecified atom stereocenters. The molecule has 0 aliphatic rings. The lowest BCUT2D eigenvalue weighted by atomic mass is 10.1. The monoisotopic (exact) mass is 267 g/mol. The predicted molar refractivity (Wildman–Crippen MR) is 76.6 cm³/mol. The third kappa shape index (κ3) is 5.59. The second-order valence-electron chi connectivity index (χ2n) is 5.66. The summed E-state index contributed by atoms with van der Waals surface area (Å²) in [4.78, 5) is 0. The largest absolute Gasteiger partial charge is 0.491 e. The number of hydrogen-bond donors (Lipinski definition) is 3. The third-order valence-electron chi connectivity index (χ3n) is 2.99. The van der Waals surface area contributed by atoms with Crippen molar-refractivity contribution in [1.82, 2.24) is 5.32 Å². The summed E-state index contributed by atoms with van der Waals surface area (Å²) in [6.07, 6.45) is -0.606. The molecule has 0 aliphatic carbocycles. The van der Waals surface area contributed by atoms with Gasteiger partial charge in [0.15, 0.2) is 0 Å². The zero-order chi connectivity index (χ0) is 14.5. The Kier molecular flexibility index (Phi) is 5.79. The van der Waals surface area contributed by atoms with Gasteiger partial charge in [0.1, 0.15) is 18.5 Å². The summed E-state index contributed by atoms with van der Waals surface area (Å²) in [5.74, 6) is 0.806. The standard InChI is InChI=1S/C15H25NO3/c1-11-5-6-12(2)14(7-11)19-9-13(18)8-16-15(3,4)10-17/h5-7,13,16-18H,8-10H2,1-4H3. The predicted octanol–water partition coefficient (Wildman–Crippen LogP) is 1.40. The highest BCUT2D eigenvalue weighted by Crippen LogP contribution is 2.19. The number of aliphatic hydroxyl groups excluding tert-OH is 2. The summed E-state index contributed by atoms with van der Waals surface area (Å²) >= 11 is 0. The summed E-state index contributed by atoms with van der Waals surface area (Å²) in [6, 6.07) is 6.00. The molecule has 0 saturated carbocycles. The van der Waals surface area contributed by atoms with Gasteiger partial charge in [-0.05, 0) is 44.9 Å². The average molecular weight is 267 g/mol. The van der Waals surface area contributed by atoms with E-state index in [1.807, 2.05) is 45.9 Å². The highest BCUT2D eigenvalue weighted by atomic mass is 16.5. The van der Waals surface area contributed by atoms with E-state index in [9.17, 15) is 5.11 Å². The lowest BCUT2D eigenvalue weighted by molar-refractivity contribution is 0.0904. The van der Waals surface area contributed by atoms with Crippen molar-refractivity contribution in [1.29, 1.82) is 0 Å². The summed E-state index contributed by atoms with van der Waals surface area (Å²) in [6.45, 7) is 8.40. The van der Waals surface area contributed by atoms with E-state index in [0.717, 1.165) is 16.9 Å². The van der Waals surface area contributed by atoms with Crippen molar-refractivity contribution in [2.24, 2.45) is 0 Å². The van der Waals surface area contributed by atoms with Gasteiger partial charge < -0.3 is 20.3 Å². The first kappa shape index (κ1) is 16.0. The van der Waals surface area contributed by atoms with Crippen molar-refractivity contribution >= 4 is 0 Å². The summed E-state index contributed by atoms with van der Waals surface area (Å²) in [5.41, 5.74) is 1.80. The molecule has 0 spiro atoms. The third-order valence-corrected chi connectivity index (χ3v) is 2.99. The van der Waals surface area contributed by atoms with Gasteiger partial charge >= 0.3 is 0 Å². The molecule has 108 valence electrons. The molecule has 4 heteroatoms. The van der Waals surface area contributed by atoms with Crippen LogP contribution in [-0.4, -0.2) is 41.6 Å². The number of nitrogens with one attached hydrogen (secondary N) is 1. The minimum absolute atomic E-state index is 0.0254. The van der Waals surface area contributed by atoms with Crippen LogP contribution in [0.25, 0.3) is 0 Å². The van der Waals surface area contributed by atoms with Crippen LogP contribution in [0.15, 0.2) is 18.2 Å². The van der Waals surface area contributed by atoms with E-state index in [2.05, 4.69) is 5.32 Å². The van der Waals surface area contributed by atoms with Crippen LogP contribution in [0.3, 0.4) is 0 Å². The van der Waals surface area contributed by atoms with Crippen molar-refractivity contribution < 1.29 is 14.9 Å². The van der Waals surface area contributed by atoms with E-state index < -0.39 is 6.10 Å². The molecule has 0 aromatic heterocycles. The van der Waals surface area contributed by atoms with E-state index >= 15 is 0 Å². The second-order valence-corrected chi connectivity index (χ2v) is 5.66. The molecule has 0 heterocycles. The summed E-state index contributed by atoms with van der Waals surface area (Å²) in [7, 11) is 0. The lowest BCUT2D eigenvalue weighted by Crippen LogP contribution is -2.47. The van der Waals surface area contributed by atoms with Crippen LogP contribution in [0.1, 0.15) is 25.0 Å². The van der Waals surface area contributed by atoms with Crippen molar-refractivity contribution in [2.75, 3.05) is 19.8 Å². The first-order valence-electron chi connectivity index (χ1n) is 6.58. The quantitative estimate of drug-likeness (QED) is 0.699. The maximum absolute atomic E-state index is 9.86. The van der Waals surface area contributed by atoms with Crippen LogP contribution in [0.4, 0.5) is 0 Å². The van der Waals surface area contributed by atoms with Gasteiger partial charge in [0.2, 0.25) is 0 Å². The Labute approximate surface area is 115 Å². The van der Waals surface area contributed by atoms with Crippen LogP contribution < -0.4 is 10.1 Å². The van der Waals surface area contributed by atoms with Crippen LogP contribution in [-0.2, 0) is 0 Å². The Morgan fingerprint density at radius 3 is 2.63 bits per heavy atom. The summed E-state index contributed by atoms with van der Waals surface area (Å²) in [5, 5.41) is 22.1. The highest BCUT2D eigenvalue weighted by molar-refractivity contribution is 5.35. The van der Waals surface area contributed by atoms with Crippen LogP contribution >= 0.6 is 0 Å². The minimum atomic E-state index is -0.606. The molecule has 0 aliphatic heterocycles. The van der Waals surface area contributed by atoms with Crippen LogP contribution in [0.5, 0.6) is 5.75 Å².